The van der Waals surface area contributed by atoms with Crippen LogP contribution in [0.1, 0.15) is 0 Å². The van der Waals surface area contributed by atoms with E-state index in [9.17, 15) is 14.4 Å². The lowest BCUT2D eigenvalue weighted by molar-refractivity contribution is -0.131. The summed E-state index contributed by atoms with van der Waals surface area (Å²) in [5, 5.41) is 3.74. The lowest BCUT2D eigenvalue weighted by Crippen LogP contribution is -2.47. The van der Waals surface area contributed by atoms with Gasteiger partial charge in [0.1, 0.15) is 0 Å². The van der Waals surface area contributed by atoms with Crippen LogP contribution in [-0.4, -0.2) is 24.3 Å². The van der Waals surface area contributed by atoms with Crippen molar-refractivity contribution in [2.24, 2.45) is 29.0 Å². The number of rotatable bonds is 3. The summed E-state index contributed by atoms with van der Waals surface area (Å²) in [5.74, 6) is -4.32. The van der Waals surface area contributed by atoms with E-state index in [1.807, 2.05) is 0 Å². The van der Waals surface area contributed by atoms with Crippen LogP contribution in [0.4, 0.5) is 0 Å². The lowest BCUT2D eigenvalue weighted by Gasteiger charge is -2.26. The summed E-state index contributed by atoms with van der Waals surface area (Å²) in [7, 11) is 0. The molecule has 0 aromatic carbocycles. The molecule has 1 aliphatic heterocycles. The van der Waals surface area contributed by atoms with Gasteiger partial charge in [-0.1, -0.05) is 0 Å². The van der Waals surface area contributed by atoms with E-state index in [0.29, 0.717) is 0 Å². The summed E-state index contributed by atoms with van der Waals surface area (Å²) in [6, 6.07) is 0. The first-order valence-electron chi connectivity index (χ1n) is 4.20. The number of carbonyl (C=O) groups is 3. The molecule has 1 radical (unpaired) electrons. The van der Waals surface area contributed by atoms with Gasteiger partial charge in [0.25, 0.3) is 0 Å². The molecule has 1 heterocycles. The molecule has 2 atom stereocenters. The number of nitrogens with two attached hydrogens (primary N) is 3. The first-order valence-corrected chi connectivity index (χ1v) is 4.20. The quantitative estimate of drug-likeness (QED) is 0.463. The van der Waals surface area contributed by atoms with E-state index in [0.717, 1.165) is 6.20 Å². The van der Waals surface area contributed by atoms with Crippen LogP contribution >= 0.6 is 0 Å². The molecule has 0 saturated carbocycles. The lowest BCUT2D eigenvalue weighted by atomic mass is 9.82. The molecule has 1 aliphatic rings. The van der Waals surface area contributed by atoms with Gasteiger partial charge in [-0.3, -0.25) is 19.7 Å². The van der Waals surface area contributed by atoms with Crippen molar-refractivity contribution in [3.05, 3.63) is 11.8 Å². The maximum absolute atomic E-state index is 11.1. The van der Waals surface area contributed by atoms with E-state index in [4.69, 9.17) is 17.2 Å². The summed E-state index contributed by atoms with van der Waals surface area (Å²) in [5.41, 5.74) is 15.1. The topological polar surface area (TPSA) is 143 Å². The second kappa shape index (κ2) is 3.99. The van der Waals surface area contributed by atoms with E-state index in [2.05, 4.69) is 5.32 Å². The molecule has 0 aliphatic carbocycles. The van der Waals surface area contributed by atoms with Gasteiger partial charge in [-0.15, -0.1) is 0 Å². The molecule has 7 heteroatoms. The van der Waals surface area contributed by atoms with Crippen molar-refractivity contribution < 1.29 is 14.4 Å². The van der Waals surface area contributed by atoms with Gasteiger partial charge in [0, 0.05) is 11.8 Å². The highest BCUT2D eigenvalue weighted by Crippen LogP contribution is 2.23. The number of hydrogen-bond acceptors (Lipinski definition) is 3. The molecule has 81 valence electrons. The fourth-order valence-corrected chi connectivity index (χ4v) is 1.49. The Kier molecular flexibility index (Phi) is 2.93. The summed E-state index contributed by atoms with van der Waals surface area (Å²) in [6.07, 6.45) is 1.16. The van der Waals surface area contributed by atoms with Crippen LogP contribution in [0.5, 0.6) is 0 Å². The van der Waals surface area contributed by atoms with Crippen LogP contribution in [0.15, 0.2) is 11.8 Å². The van der Waals surface area contributed by atoms with Gasteiger partial charge >= 0.3 is 0 Å². The first kappa shape index (κ1) is 11.0. The number of amides is 3. The third-order valence-electron chi connectivity index (χ3n) is 2.23. The normalized spacial score (nSPS) is 24.9. The first-order chi connectivity index (χ1) is 6.95. The van der Waals surface area contributed by atoms with Crippen LogP contribution in [0, 0.1) is 11.8 Å². The molecule has 0 aromatic rings. The predicted octanol–water partition coefficient (Wildman–Crippen LogP) is -2.82. The van der Waals surface area contributed by atoms with Gasteiger partial charge in [-0.25, -0.2) is 0 Å². The smallest absolute Gasteiger partial charge is 0.247 e. The minimum absolute atomic E-state index is 0.0414. The Morgan fingerprint density at radius 2 is 1.80 bits per heavy atom. The monoisotopic (exact) mass is 211 g/mol. The minimum atomic E-state index is -1.07. The van der Waals surface area contributed by atoms with Crippen molar-refractivity contribution >= 4 is 17.7 Å². The Hall–Kier alpha value is -2.05. The zero-order chi connectivity index (χ0) is 11.6. The largest absolute Gasteiger partial charge is 0.369 e. The highest BCUT2D eigenvalue weighted by atomic mass is 16.2. The van der Waals surface area contributed by atoms with Crippen LogP contribution < -0.4 is 22.5 Å². The molecule has 0 saturated heterocycles. The predicted molar refractivity (Wildman–Crippen MR) is 49.6 cm³/mol. The van der Waals surface area contributed by atoms with Crippen LogP contribution in [0.3, 0.4) is 0 Å². The summed E-state index contributed by atoms with van der Waals surface area (Å²) in [4.78, 5) is 33.1. The van der Waals surface area contributed by atoms with Crippen molar-refractivity contribution in [2.45, 2.75) is 0 Å². The molecule has 1 rings (SSSR count). The second-order valence-corrected chi connectivity index (χ2v) is 3.20. The van der Waals surface area contributed by atoms with Gasteiger partial charge in [0.05, 0.1) is 18.4 Å². The molecule has 6 N–H and O–H groups in total. The molecule has 0 aromatic heterocycles. The van der Waals surface area contributed by atoms with Crippen molar-refractivity contribution in [1.29, 1.82) is 0 Å². The maximum Gasteiger partial charge on any atom is 0.247 e. The van der Waals surface area contributed by atoms with Gasteiger partial charge in [-0.05, 0) is 0 Å². The molecular weight excluding hydrogens is 200 g/mol. The van der Waals surface area contributed by atoms with E-state index in [1.54, 1.807) is 0 Å². The zero-order valence-electron chi connectivity index (χ0n) is 7.84. The van der Waals surface area contributed by atoms with Crippen molar-refractivity contribution in [2.75, 3.05) is 6.54 Å². The number of hydrogen-bond donors (Lipinski definition) is 3. The van der Waals surface area contributed by atoms with Gasteiger partial charge in [0.15, 0.2) is 0 Å². The van der Waals surface area contributed by atoms with Crippen LogP contribution in [-0.2, 0) is 14.4 Å². The molecular formula is C8H11N4O3. The third kappa shape index (κ3) is 2.06. The molecule has 0 spiro atoms. The van der Waals surface area contributed by atoms with Crippen LogP contribution in [0.2, 0.25) is 0 Å². The Morgan fingerprint density at radius 3 is 2.20 bits per heavy atom. The highest BCUT2D eigenvalue weighted by Gasteiger charge is 2.38. The van der Waals surface area contributed by atoms with E-state index < -0.39 is 29.6 Å². The molecule has 0 fully saturated rings. The Bertz CT molecular complexity index is 350. The number of primary amides is 3. The SMILES string of the molecule is NC(=O)C1=C[N]CC(C(N)=O)C1C(N)=O. The number of nitrogens with zero attached hydrogens (tertiary/aromatic N) is 1. The van der Waals surface area contributed by atoms with E-state index in [1.165, 1.54) is 0 Å². The van der Waals surface area contributed by atoms with E-state index in [-0.39, 0.29) is 12.1 Å². The fraction of sp³-hybridized carbons (Fsp3) is 0.375. The summed E-state index contributed by atoms with van der Waals surface area (Å²) in [6.45, 7) is 0.0414. The summed E-state index contributed by atoms with van der Waals surface area (Å²) < 4.78 is 0. The molecule has 3 amide bonds. The molecule has 2 unspecified atom stereocenters. The molecule has 15 heavy (non-hydrogen) atoms. The summed E-state index contributed by atoms with van der Waals surface area (Å²) >= 11 is 0. The zero-order valence-corrected chi connectivity index (χ0v) is 7.84. The highest BCUT2D eigenvalue weighted by molar-refractivity contribution is 6.01. The number of carbonyl (C=O) groups excluding carboxylic acids is 3. The van der Waals surface area contributed by atoms with Crippen molar-refractivity contribution in [3.63, 3.8) is 0 Å². The standard InChI is InChI=1S/C8H11N4O3/c9-6(13)3-1-12-2-4(7(10)14)5(3)8(11)15/h1,4-5H,2H2,(H2,9,13)(H2,10,14)(H2,11,15). The Morgan fingerprint density at radius 1 is 1.20 bits per heavy atom. The minimum Gasteiger partial charge on any atom is -0.369 e. The average molecular weight is 211 g/mol. The average Bonchev–Trinajstić information content (AvgIpc) is 2.16. The molecule has 0 bridgehead atoms. The van der Waals surface area contributed by atoms with Gasteiger partial charge in [-0.2, -0.15) is 0 Å². The second-order valence-electron chi connectivity index (χ2n) is 3.20. The fourth-order valence-electron chi connectivity index (χ4n) is 1.49. The van der Waals surface area contributed by atoms with E-state index >= 15 is 0 Å². The Balaban J connectivity index is 3.08. The maximum atomic E-state index is 11.1. The van der Waals surface area contributed by atoms with Crippen LogP contribution in [0.25, 0.3) is 0 Å². The van der Waals surface area contributed by atoms with Gasteiger partial charge < -0.3 is 17.2 Å². The third-order valence-corrected chi connectivity index (χ3v) is 2.23. The van der Waals surface area contributed by atoms with Gasteiger partial charge in [0.2, 0.25) is 17.7 Å². The molecule has 7 nitrogen and oxygen atoms in total. The Labute approximate surface area is 85.7 Å². The van der Waals surface area contributed by atoms with Crippen molar-refractivity contribution in [1.82, 2.24) is 5.32 Å². The van der Waals surface area contributed by atoms with Crippen molar-refractivity contribution in [3.8, 4) is 0 Å².